The topological polar surface area (TPSA) is 40.6 Å². The lowest BCUT2D eigenvalue weighted by Crippen LogP contribution is -2.57. The van der Waals surface area contributed by atoms with Crippen LogP contribution in [0.15, 0.2) is 30.3 Å². The predicted octanol–water partition coefficient (Wildman–Crippen LogP) is 0.528. The Bertz CT molecular complexity index is 430. The van der Waals surface area contributed by atoms with E-state index in [0.717, 1.165) is 6.42 Å². The first-order valence-corrected chi connectivity index (χ1v) is 5.66. The maximum Gasteiger partial charge on any atom is 0.312 e. The third-order valence-corrected chi connectivity index (χ3v) is 3.20. The molecule has 1 saturated heterocycles. The normalized spacial score (nSPS) is 20.9. The Kier molecular flexibility index (Phi) is 3.13. The maximum atomic E-state index is 11.7. The van der Waals surface area contributed by atoms with Crippen LogP contribution < -0.4 is 0 Å². The molecule has 1 aliphatic rings. The number of hydrogen-bond donors (Lipinski definition) is 0. The quantitative estimate of drug-likeness (QED) is 0.698. The number of carbonyl (C=O) groups is 2. The Morgan fingerprint density at radius 1 is 1.12 bits per heavy atom. The number of piperazine rings is 1. The van der Waals surface area contributed by atoms with Gasteiger partial charge in [0, 0.05) is 20.6 Å². The zero-order valence-electron chi connectivity index (χ0n) is 10.1. The number of nitrogens with zero attached hydrogens (tertiary/aromatic N) is 2. The Morgan fingerprint density at radius 2 is 1.76 bits per heavy atom. The molecule has 0 aliphatic carbocycles. The lowest BCUT2D eigenvalue weighted by Gasteiger charge is -2.36. The van der Waals surface area contributed by atoms with Crippen molar-refractivity contribution >= 4 is 11.8 Å². The van der Waals surface area contributed by atoms with Crippen LogP contribution >= 0.6 is 0 Å². The number of carbonyl (C=O) groups excluding carboxylic acids is 2. The SMILES string of the molecule is CN1C[C@H](Cc2ccccc2)N(C)C(=O)C1=O. The van der Waals surface area contributed by atoms with Crippen LogP contribution in [0.25, 0.3) is 0 Å². The maximum absolute atomic E-state index is 11.7. The molecule has 1 aromatic rings. The van der Waals surface area contributed by atoms with Crippen LogP contribution in [0.2, 0.25) is 0 Å². The van der Waals surface area contributed by atoms with E-state index in [1.165, 1.54) is 10.5 Å². The minimum Gasteiger partial charge on any atom is -0.335 e. The molecule has 0 aromatic heterocycles. The fourth-order valence-corrected chi connectivity index (χ4v) is 2.09. The summed E-state index contributed by atoms with van der Waals surface area (Å²) in [7, 11) is 3.37. The number of amides is 2. The first kappa shape index (κ1) is 11.6. The van der Waals surface area contributed by atoms with Crippen LogP contribution in [0.4, 0.5) is 0 Å². The van der Waals surface area contributed by atoms with Crippen LogP contribution in [0.5, 0.6) is 0 Å². The highest BCUT2D eigenvalue weighted by Crippen LogP contribution is 2.13. The van der Waals surface area contributed by atoms with Crippen molar-refractivity contribution in [2.24, 2.45) is 0 Å². The third-order valence-electron chi connectivity index (χ3n) is 3.20. The highest BCUT2D eigenvalue weighted by atomic mass is 16.2. The molecule has 1 aliphatic heterocycles. The molecular weight excluding hydrogens is 216 g/mol. The fourth-order valence-electron chi connectivity index (χ4n) is 2.09. The van der Waals surface area contributed by atoms with Gasteiger partial charge in [-0.25, -0.2) is 0 Å². The zero-order valence-corrected chi connectivity index (χ0v) is 10.1. The lowest BCUT2D eigenvalue weighted by atomic mass is 10.0. The summed E-state index contributed by atoms with van der Waals surface area (Å²) >= 11 is 0. The van der Waals surface area contributed by atoms with Crippen molar-refractivity contribution in [3.8, 4) is 0 Å². The monoisotopic (exact) mass is 232 g/mol. The van der Waals surface area contributed by atoms with Crippen molar-refractivity contribution < 1.29 is 9.59 Å². The minimum absolute atomic E-state index is 0.0626. The number of hydrogen-bond acceptors (Lipinski definition) is 2. The van der Waals surface area contributed by atoms with Gasteiger partial charge in [0.05, 0.1) is 6.04 Å². The summed E-state index contributed by atoms with van der Waals surface area (Å²) in [5.74, 6) is -0.837. The summed E-state index contributed by atoms with van der Waals surface area (Å²) in [6, 6.07) is 10.1. The molecule has 17 heavy (non-hydrogen) atoms. The standard InChI is InChI=1S/C13H16N2O2/c1-14-9-11(15(2)13(17)12(14)16)8-10-6-4-3-5-7-10/h3-7,11H,8-9H2,1-2H3/t11-/m0/s1. The molecule has 2 rings (SSSR count). The number of benzene rings is 1. The van der Waals surface area contributed by atoms with Gasteiger partial charge in [0.2, 0.25) is 0 Å². The first-order chi connectivity index (χ1) is 8.09. The van der Waals surface area contributed by atoms with Crippen molar-refractivity contribution in [2.75, 3.05) is 20.6 Å². The largest absolute Gasteiger partial charge is 0.335 e. The van der Waals surface area contributed by atoms with E-state index in [-0.39, 0.29) is 6.04 Å². The van der Waals surface area contributed by atoms with Crippen LogP contribution in [0.3, 0.4) is 0 Å². The molecule has 0 radical (unpaired) electrons. The van der Waals surface area contributed by atoms with Crippen molar-refractivity contribution in [2.45, 2.75) is 12.5 Å². The van der Waals surface area contributed by atoms with Crippen molar-refractivity contribution in [1.82, 2.24) is 9.80 Å². The molecule has 0 unspecified atom stereocenters. The average molecular weight is 232 g/mol. The van der Waals surface area contributed by atoms with E-state index in [1.54, 1.807) is 19.0 Å². The molecule has 1 heterocycles. The van der Waals surface area contributed by atoms with Gasteiger partial charge in [-0.1, -0.05) is 30.3 Å². The number of rotatable bonds is 2. The van der Waals surface area contributed by atoms with Gasteiger partial charge in [-0.05, 0) is 12.0 Å². The van der Waals surface area contributed by atoms with Crippen molar-refractivity contribution in [1.29, 1.82) is 0 Å². The Labute approximate surface area is 101 Å². The highest BCUT2D eigenvalue weighted by molar-refractivity contribution is 6.35. The van der Waals surface area contributed by atoms with Crippen molar-refractivity contribution in [3.05, 3.63) is 35.9 Å². The van der Waals surface area contributed by atoms with Crippen molar-refractivity contribution in [3.63, 3.8) is 0 Å². The van der Waals surface area contributed by atoms with Gasteiger partial charge >= 0.3 is 11.8 Å². The predicted molar refractivity (Wildman–Crippen MR) is 64.3 cm³/mol. The second kappa shape index (κ2) is 4.57. The summed E-state index contributed by atoms with van der Waals surface area (Å²) in [6.07, 6.45) is 0.778. The van der Waals surface area contributed by atoms with Gasteiger partial charge < -0.3 is 9.80 Å². The van der Waals surface area contributed by atoms with E-state index < -0.39 is 11.8 Å². The van der Waals surface area contributed by atoms with Gasteiger partial charge in [-0.15, -0.1) is 0 Å². The molecule has 1 fully saturated rings. The fraction of sp³-hybridized carbons (Fsp3) is 0.385. The summed E-state index contributed by atoms with van der Waals surface area (Å²) < 4.78 is 0. The van der Waals surface area contributed by atoms with Crippen LogP contribution in [-0.2, 0) is 16.0 Å². The highest BCUT2D eigenvalue weighted by Gasteiger charge is 2.34. The Hall–Kier alpha value is -1.84. The van der Waals surface area contributed by atoms with E-state index >= 15 is 0 Å². The second-order valence-electron chi connectivity index (χ2n) is 4.45. The van der Waals surface area contributed by atoms with E-state index in [1.807, 2.05) is 30.3 Å². The molecule has 1 atom stereocenters. The summed E-state index contributed by atoms with van der Waals surface area (Å²) in [6.45, 7) is 0.593. The van der Waals surface area contributed by atoms with Crippen LogP contribution in [0.1, 0.15) is 5.56 Å². The summed E-state index contributed by atoms with van der Waals surface area (Å²) in [5.41, 5.74) is 1.18. The van der Waals surface area contributed by atoms with E-state index in [2.05, 4.69) is 0 Å². The molecule has 90 valence electrons. The summed E-state index contributed by atoms with van der Waals surface area (Å²) in [4.78, 5) is 26.2. The summed E-state index contributed by atoms with van der Waals surface area (Å²) in [5, 5.41) is 0. The van der Waals surface area contributed by atoms with E-state index in [4.69, 9.17) is 0 Å². The van der Waals surface area contributed by atoms with Gasteiger partial charge in [-0.2, -0.15) is 0 Å². The molecular formula is C13H16N2O2. The van der Waals surface area contributed by atoms with Gasteiger partial charge in [0.25, 0.3) is 0 Å². The van der Waals surface area contributed by atoms with E-state index in [9.17, 15) is 9.59 Å². The van der Waals surface area contributed by atoms with E-state index in [0.29, 0.717) is 6.54 Å². The Balaban J connectivity index is 2.11. The van der Waals surface area contributed by atoms with Crippen LogP contribution in [0, 0.1) is 0 Å². The van der Waals surface area contributed by atoms with Gasteiger partial charge in [0.1, 0.15) is 0 Å². The molecule has 0 saturated carbocycles. The first-order valence-electron chi connectivity index (χ1n) is 5.66. The Morgan fingerprint density at radius 3 is 2.41 bits per heavy atom. The third kappa shape index (κ3) is 2.30. The second-order valence-corrected chi connectivity index (χ2v) is 4.45. The zero-order chi connectivity index (χ0) is 12.4. The molecule has 0 bridgehead atoms. The molecule has 2 amide bonds. The molecule has 0 N–H and O–H groups in total. The molecule has 0 spiro atoms. The molecule has 4 heteroatoms. The molecule has 1 aromatic carbocycles. The smallest absolute Gasteiger partial charge is 0.312 e. The number of likely N-dealkylation sites (N-methyl/N-ethyl adjacent to an activating group) is 2. The lowest BCUT2D eigenvalue weighted by molar-refractivity contribution is -0.156. The van der Waals surface area contributed by atoms with Crippen LogP contribution in [-0.4, -0.2) is 48.3 Å². The average Bonchev–Trinajstić information content (AvgIpc) is 2.35. The molecule has 4 nitrogen and oxygen atoms in total. The van der Waals surface area contributed by atoms with Gasteiger partial charge in [-0.3, -0.25) is 9.59 Å². The van der Waals surface area contributed by atoms with Gasteiger partial charge in [0.15, 0.2) is 0 Å². The minimum atomic E-state index is -0.420.